The monoisotopic (exact) mass is 282 g/mol. The van der Waals surface area contributed by atoms with E-state index in [2.05, 4.69) is 10.2 Å². The van der Waals surface area contributed by atoms with Gasteiger partial charge in [0.1, 0.15) is 6.04 Å². The van der Waals surface area contributed by atoms with Gasteiger partial charge in [-0.05, 0) is 25.1 Å². The molecule has 0 bridgehead atoms. The summed E-state index contributed by atoms with van der Waals surface area (Å²) in [6, 6.07) is 7.14. The standard InChI is InChI=1S/C15H20F2N2O/c1-11(10-19-8-5-9-19)15(20)18-13(14(16)17)12-6-3-2-4-7-12/h2-4,6-7,11,13-14H,5,8-10H2,1H3,(H,18,20). The van der Waals surface area contributed by atoms with Gasteiger partial charge in [0.15, 0.2) is 0 Å². The van der Waals surface area contributed by atoms with E-state index in [0.717, 1.165) is 19.5 Å². The number of likely N-dealkylation sites (tertiary alicyclic amines) is 1. The summed E-state index contributed by atoms with van der Waals surface area (Å²) in [5, 5.41) is 2.47. The Morgan fingerprint density at radius 3 is 2.45 bits per heavy atom. The van der Waals surface area contributed by atoms with Crippen molar-refractivity contribution in [1.29, 1.82) is 0 Å². The number of rotatable bonds is 6. The summed E-state index contributed by atoms with van der Waals surface area (Å²) in [6.07, 6.45) is -1.46. The van der Waals surface area contributed by atoms with Crippen molar-refractivity contribution < 1.29 is 13.6 Å². The van der Waals surface area contributed by atoms with Gasteiger partial charge in [0.05, 0.1) is 0 Å². The highest BCUT2D eigenvalue weighted by Gasteiger charge is 2.27. The van der Waals surface area contributed by atoms with Gasteiger partial charge in [-0.3, -0.25) is 4.79 Å². The van der Waals surface area contributed by atoms with E-state index >= 15 is 0 Å². The van der Waals surface area contributed by atoms with Crippen LogP contribution in [0.1, 0.15) is 24.9 Å². The summed E-state index contributed by atoms with van der Waals surface area (Å²) in [6.45, 7) is 4.40. The maximum Gasteiger partial charge on any atom is 0.262 e. The smallest absolute Gasteiger partial charge is 0.262 e. The first kappa shape index (κ1) is 14.9. The van der Waals surface area contributed by atoms with E-state index in [0.29, 0.717) is 12.1 Å². The predicted octanol–water partition coefficient (Wildman–Crippen LogP) is 2.45. The average Bonchev–Trinajstić information content (AvgIpc) is 2.40. The molecule has 1 amide bonds. The molecular weight excluding hydrogens is 262 g/mol. The Hall–Kier alpha value is -1.49. The number of amides is 1. The van der Waals surface area contributed by atoms with Crippen molar-refractivity contribution in [1.82, 2.24) is 10.2 Å². The van der Waals surface area contributed by atoms with Crippen LogP contribution in [0.25, 0.3) is 0 Å². The average molecular weight is 282 g/mol. The Bertz CT molecular complexity index is 435. The predicted molar refractivity (Wildman–Crippen MR) is 73.6 cm³/mol. The van der Waals surface area contributed by atoms with Crippen LogP contribution in [0.5, 0.6) is 0 Å². The Balaban J connectivity index is 1.95. The number of alkyl halides is 2. The number of nitrogens with one attached hydrogen (secondary N) is 1. The number of hydrogen-bond acceptors (Lipinski definition) is 2. The van der Waals surface area contributed by atoms with Crippen LogP contribution in [0, 0.1) is 5.92 Å². The molecule has 1 aromatic carbocycles. The summed E-state index contributed by atoms with van der Waals surface area (Å²) < 4.78 is 26.2. The molecule has 20 heavy (non-hydrogen) atoms. The molecule has 3 nitrogen and oxygen atoms in total. The van der Waals surface area contributed by atoms with Crippen LogP contribution >= 0.6 is 0 Å². The lowest BCUT2D eigenvalue weighted by molar-refractivity contribution is -0.127. The van der Waals surface area contributed by atoms with Gasteiger partial charge in [-0.2, -0.15) is 0 Å². The molecule has 1 aromatic rings. The molecule has 0 saturated carbocycles. The highest BCUT2D eigenvalue weighted by molar-refractivity contribution is 5.79. The molecule has 0 spiro atoms. The first-order valence-electron chi connectivity index (χ1n) is 6.93. The van der Waals surface area contributed by atoms with Crippen molar-refractivity contribution >= 4 is 5.91 Å². The van der Waals surface area contributed by atoms with Gasteiger partial charge < -0.3 is 10.2 Å². The summed E-state index contributed by atoms with van der Waals surface area (Å²) in [5.74, 6) is -0.591. The number of carbonyl (C=O) groups is 1. The molecule has 0 radical (unpaired) electrons. The molecule has 1 fully saturated rings. The van der Waals surface area contributed by atoms with Gasteiger partial charge in [0.2, 0.25) is 5.91 Å². The first-order valence-corrected chi connectivity index (χ1v) is 6.93. The highest BCUT2D eigenvalue weighted by Crippen LogP contribution is 2.21. The molecule has 110 valence electrons. The zero-order valence-corrected chi connectivity index (χ0v) is 11.6. The van der Waals surface area contributed by atoms with Gasteiger partial charge in [-0.25, -0.2) is 8.78 Å². The zero-order valence-electron chi connectivity index (χ0n) is 11.6. The first-order chi connectivity index (χ1) is 9.58. The molecule has 1 saturated heterocycles. The topological polar surface area (TPSA) is 32.3 Å². The minimum Gasteiger partial charge on any atom is -0.343 e. The Morgan fingerprint density at radius 2 is 1.95 bits per heavy atom. The lowest BCUT2D eigenvalue weighted by atomic mass is 10.0. The van der Waals surface area contributed by atoms with E-state index in [4.69, 9.17) is 0 Å². The Labute approximate surface area is 118 Å². The molecular formula is C15H20F2N2O. The van der Waals surface area contributed by atoms with Gasteiger partial charge in [0, 0.05) is 12.5 Å². The van der Waals surface area contributed by atoms with Crippen LogP contribution < -0.4 is 5.32 Å². The second-order valence-electron chi connectivity index (χ2n) is 5.29. The van der Waals surface area contributed by atoms with Crippen LogP contribution in [0.3, 0.4) is 0 Å². The van der Waals surface area contributed by atoms with E-state index in [-0.39, 0.29) is 11.8 Å². The quantitative estimate of drug-likeness (QED) is 0.869. The molecule has 1 N–H and O–H groups in total. The summed E-state index contributed by atoms with van der Waals surface area (Å²) >= 11 is 0. The Morgan fingerprint density at radius 1 is 1.30 bits per heavy atom. The van der Waals surface area contributed by atoms with Crippen LogP contribution in [-0.2, 0) is 4.79 Å². The summed E-state index contributed by atoms with van der Waals surface area (Å²) in [7, 11) is 0. The molecule has 2 atom stereocenters. The largest absolute Gasteiger partial charge is 0.343 e. The number of hydrogen-bond donors (Lipinski definition) is 1. The van der Waals surface area contributed by atoms with Gasteiger partial charge in [-0.15, -0.1) is 0 Å². The summed E-state index contributed by atoms with van der Waals surface area (Å²) in [5.41, 5.74) is 0.437. The normalized spacial score (nSPS) is 18.4. The molecule has 1 heterocycles. The fraction of sp³-hybridized carbons (Fsp3) is 0.533. The van der Waals surface area contributed by atoms with E-state index in [9.17, 15) is 13.6 Å². The maximum atomic E-state index is 13.1. The van der Waals surface area contributed by atoms with Crippen molar-refractivity contribution in [3.8, 4) is 0 Å². The number of nitrogens with zero attached hydrogens (tertiary/aromatic N) is 1. The molecule has 2 rings (SSSR count). The van der Waals surface area contributed by atoms with Crippen molar-refractivity contribution in [2.75, 3.05) is 19.6 Å². The van der Waals surface area contributed by atoms with Gasteiger partial charge in [-0.1, -0.05) is 37.3 Å². The third kappa shape index (κ3) is 3.76. The SMILES string of the molecule is CC(CN1CCC1)C(=O)NC(c1ccccc1)C(F)F. The van der Waals surface area contributed by atoms with Crippen LogP contribution in [0.4, 0.5) is 8.78 Å². The molecule has 1 aliphatic rings. The van der Waals surface area contributed by atoms with Gasteiger partial charge in [0.25, 0.3) is 6.43 Å². The number of benzene rings is 1. The molecule has 0 aromatic heterocycles. The minimum absolute atomic E-state index is 0.278. The van der Waals surface area contributed by atoms with Crippen molar-refractivity contribution in [2.24, 2.45) is 5.92 Å². The van der Waals surface area contributed by atoms with E-state index in [1.54, 1.807) is 37.3 Å². The van der Waals surface area contributed by atoms with E-state index in [1.165, 1.54) is 0 Å². The van der Waals surface area contributed by atoms with Crippen molar-refractivity contribution in [3.63, 3.8) is 0 Å². The van der Waals surface area contributed by atoms with Crippen molar-refractivity contribution in [3.05, 3.63) is 35.9 Å². The number of carbonyl (C=O) groups excluding carboxylic acids is 1. The molecule has 2 unspecified atom stereocenters. The third-order valence-corrected chi connectivity index (χ3v) is 3.64. The lowest BCUT2D eigenvalue weighted by Gasteiger charge is -2.33. The number of halogens is 2. The molecule has 0 aliphatic carbocycles. The Kier molecular flexibility index (Phi) is 5.06. The lowest BCUT2D eigenvalue weighted by Crippen LogP contribution is -2.45. The van der Waals surface area contributed by atoms with Crippen LogP contribution in [-0.4, -0.2) is 36.9 Å². The van der Waals surface area contributed by atoms with Crippen LogP contribution in [0.2, 0.25) is 0 Å². The highest BCUT2D eigenvalue weighted by atomic mass is 19.3. The molecule has 1 aliphatic heterocycles. The van der Waals surface area contributed by atoms with Gasteiger partial charge >= 0.3 is 0 Å². The second kappa shape index (κ2) is 6.79. The maximum absolute atomic E-state index is 13.1. The fourth-order valence-electron chi connectivity index (χ4n) is 2.28. The second-order valence-corrected chi connectivity index (χ2v) is 5.29. The van der Waals surface area contributed by atoms with Crippen LogP contribution in [0.15, 0.2) is 30.3 Å². The third-order valence-electron chi connectivity index (χ3n) is 3.64. The molecule has 5 heteroatoms. The van der Waals surface area contributed by atoms with Crippen molar-refractivity contribution in [2.45, 2.75) is 25.8 Å². The summed E-state index contributed by atoms with van der Waals surface area (Å²) in [4.78, 5) is 14.2. The van der Waals surface area contributed by atoms with E-state index < -0.39 is 12.5 Å². The van der Waals surface area contributed by atoms with E-state index in [1.807, 2.05) is 0 Å². The zero-order chi connectivity index (χ0) is 14.5. The minimum atomic E-state index is -2.61. The fourth-order valence-corrected chi connectivity index (χ4v) is 2.28.